The van der Waals surface area contributed by atoms with Crippen LogP contribution in [0.15, 0.2) is 60.7 Å². The molecule has 0 radical (unpaired) electrons. The molecule has 1 unspecified atom stereocenters. The largest absolute Gasteiger partial charge is 0.491 e. The molecule has 1 heterocycles. The number of hydrogen-bond acceptors (Lipinski definition) is 5. The van der Waals surface area contributed by atoms with Crippen molar-refractivity contribution < 1.29 is 14.9 Å². The van der Waals surface area contributed by atoms with Crippen LogP contribution in [0, 0.1) is 6.92 Å². The lowest BCUT2D eigenvalue weighted by Crippen LogP contribution is -2.05. The smallest absolute Gasteiger partial charge is 0.123 e. The molecule has 1 atom stereocenters. The number of aliphatic hydroxyl groups is 2. The molecule has 4 nitrogen and oxygen atoms in total. The first-order chi connectivity index (χ1) is 17.0. The number of hydrogen-bond donors (Lipinski definition) is 2. The van der Waals surface area contributed by atoms with Crippen molar-refractivity contribution in [2.24, 2.45) is 0 Å². The molecular weight excluding hydrogens is 454 g/mol. The van der Waals surface area contributed by atoms with Crippen LogP contribution in [0.2, 0.25) is 0 Å². The maximum atomic E-state index is 10.8. The highest BCUT2D eigenvalue weighted by Crippen LogP contribution is 2.35. The lowest BCUT2D eigenvalue weighted by molar-refractivity contribution is 0.167. The molecule has 5 heteroatoms. The predicted molar refractivity (Wildman–Crippen MR) is 148 cm³/mol. The van der Waals surface area contributed by atoms with Crippen LogP contribution >= 0.6 is 11.3 Å². The van der Waals surface area contributed by atoms with Gasteiger partial charge in [0.1, 0.15) is 17.4 Å². The summed E-state index contributed by atoms with van der Waals surface area (Å²) in [6.45, 7) is 10.6. The standard InChI is InChI=1S/C28H31NO3S.C2H6/c1-18(2)27-26(13-11-24(31)22-10-12-25(19(3)16-22)32-15-14-30)33-28(29-27)23-9-8-20-6-4-5-7-21(20)17-23;1-2/h4-10,12,16-18,24,30-31H,11,13-15H2,1-3H3;1-2H3. The molecule has 0 aliphatic heterocycles. The van der Waals surface area contributed by atoms with E-state index in [0.717, 1.165) is 39.6 Å². The van der Waals surface area contributed by atoms with Gasteiger partial charge in [-0.15, -0.1) is 11.3 Å². The van der Waals surface area contributed by atoms with Crippen molar-refractivity contribution in [3.63, 3.8) is 0 Å². The number of fused-ring (bicyclic) bond motifs is 1. The van der Waals surface area contributed by atoms with Gasteiger partial charge in [-0.1, -0.05) is 70.2 Å². The molecule has 0 amide bonds. The van der Waals surface area contributed by atoms with Crippen LogP contribution < -0.4 is 4.74 Å². The molecule has 0 spiro atoms. The van der Waals surface area contributed by atoms with Gasteiger partial charge in [0.05, 0.1) is 18.4 Å². The van der Waals surface area contributed by atoms with E-state index in [2.05, 4.69) is 56.3 Å². The van der Waals surface area contributed by atoms with Gasteiger partial charge in [-0.3, -0.25) is 0 Å². The number of aliphatic hydroxyl groups excluding tert-OH is 2. The summed E-state index contributed by atoms with van der Waals surface area (Å²) in [6, 6.07) is 20.6. The minimum atomic E-state index is -0.554. The van der Waals surface area contributed by atoms with Crippen molar-refractivity contribution in [1.29, 1.82) is 0 Å². The molecule has 0 bridgehead atoms. The zero-order chi connectivity index (χ0) is 25.4. The van der Waals surface area contributed by atoms with Crippen LogP contribution in [-0.2, 0) is 6.42 Å². The second-order valence-corrected chi connectivity index (χ2v) is 9.78. The predicted octanol–water partition coefficient (Wildman–Crippen LogP) is 7.46. The van der Waals surface area contributed by atoms with E-state index in [9.17, 15) is 5.11 Å². The van der Waals surface area contributed by atoms with Crippen molar-refractivity contribution in [3.05, 3.63) is 82.4 Å². The Balaban J connectivity index is 0.00000167. The second kappa shape index (κ2) is 12.8. The van der Waals surface area contributed by atoms with Crippen LogP contribution in [0.4, 0.5) is 0 Å². The summed E-state index contributed by atoms with van der Waals surface area (Å²) in [4.78, 5) is 6.23. The van der Waals surface area contributed by atoms with Gasteiger partial charge >= 0.3 is 0 Å². The Morgan fingerprint density at radius 1 is 0.971 bits per heavy atom. The van der Waals surface area contributed by atoms with E-state index in [1.54, 1.807) is 11.3 Å². The van der Waals surface area contributed by atoms with E-state index in [0.29, 0.717) is 12.3 Å². The van der Waals surface area contributed by atoms with Crippen LogP contribution in [0.3, 0.4) is 0 Å². The number of aromatic nitrogens is 1. The number of thiazole rings is 1. The van der Waals surface area contributed by atoms with E-state index in [1.165, 1.54) is 15.6 Å². The topological polar surface area (TPSA) is 62.6 Å². The van der Waals surface area contributed by atoms with Gasteiger partial charge in [0.25, 0.3) is 0 Å². The van der Waals surface area contributed by atoms with Crippen LogP contribution in [-0.4, -0.2) is 28.4 Å². The van der Waals surface area contributed by atoms with Gasteiger partial charge < -0.3 is 14.9 Å². The summed E-state index contributed by atoms with van der Waals surface area (Å²) >= 11 is 1.74. The summed E-state index contributed by atoms with van der Waals surface area (Å²) < 4.78 is 5.53. The number of nitrogens with zero attached hydrogens (tertiary/aromatic N) is 1. The zero-order valence-corrected chi connectivity index (χ0v) is 22.2. The van der Waals surface area contributed by atoms with Crippen molar-refractivity contribution in [1.82, 2.24) is 4.98 Å². The van der Waals surface area contributed by atoms with E-state index >= 15 is 0 Å². The van der Waals surface area contributed by atoms with Gasteiger partial charge in [0.15, 0.2) is 0 Å². The molecule has 0 fully saturated rings. The van der Waals surface area contributed by atoms with Crippen molar-refractivity contribution in [2.45, 2.75) is 59.5 Å². The SMILES string of the molecule is CC.Cc1cc(C(O)CCc2sc(-c3ccc4ccccc4c3)nc2C(C)C)ccc1OCCO. The summed E-state index contributed by atoms with van der Waals surface area (Å²) in [7, 11) is 0. The van der Waals surface area contributed by atoms with Crippen molar-refractivity contribution in [3.8, 4) is 16.3 Å². The molecule has 4 aromatic rings. The molecule has 0 saturated heterocycles. The fourth-order valence-corrected chi connectivity index (χ4v) is 5.30. The molecule has 0 aliphatic carbocycles. The molecule has 186 valence electrons. The third-order valence-electron chi connectivity index (χ3n) is 5.85. The first kappa shape index (κ1) is 26.9. The van der Waals surface area contributed by atoms with E-state index in [1.807, 2.05) is 39.0 Å². The summed E-state index contributed by atoms with van der Waals surface area (Å²) in [6.07, 6.45) is 0.860. The molecule has 1 aromatic heterocycles. The molecule has 35 heavy (non-hydrogen) atoms. The molecular formula is C30H37NO3S. The van der Waals surface area contributed by atoms with E-state index < -0.39 is 6.10 Å². The van der Waals surface area contributed by atoms with E-state index in [4.69, 9.17) is 14.8 Å². The average Bonchev–Trinajstić information content (AvgIpc) is 3.32. The maximum Gasteiger partial charge on any atom is 0.123 e. The second-order valence-electron chi connectivity index (χ2n) is 8.70. The Bertz CT molecular complexity index is 1230. The number of aryl methyl sites for hydroxylation is 2. The van der Waals surface area contributed by atoms with Gasteiger partial charge in [-0.05, 0) is 65.8 Å². The summed E-state index contributed by atoms with van der Waals surface area (Å²) in [5.74, 6) is 1.07. The van der Waals surface area contributed by atoms with Gasteiger partial charge in [0, 0.05) is 10.4 Å². The highest BCUT2D eigenvalue weighted by Gasteiger charge is 2.18. The quantitative estimate of drug-likeness (QED) is 0.255. The Morgan fingerprint density at radius 3 is 2.40 bits per heavy atom. The zero-order valence-electron chi connectivity index (χ0n) is 21.4. The van der Waals surface area contributed by atoms with Crippen molar-refractivity contribution in [2.75, 3.05) is 13.2 Å². The third kappa shape index (κ3) is 6.69. The first-order valence-corrected chi connectivity index (χ1v) is 13.3. The van der Waals surface area contributed by atoms with Gasteiger partial charge in [-0.25, -0.2) is 4.98 Å². The lowest BCUT2D eigenvalue weighted by Gasteiger charge is -2.14. The lowest BCUT2D eigenvalue weighted by atomic mass is 10.00. The maximum absolute atomic E-state index is 10.8. The van der Waals surface area contributed by atoms with Crippen molar-refractivity contribution >= 4 is 22.1 Å². The average molecular weight is 492 g/mol. The fraction of sp³-hybridized carbons (Fsp3) is 0.367. The normalized spacial score (nSPS) is 11.9. The first-order valence-electron chi connectivity index (χ1n) is 12.5. The third-order valence-corrected chi connectivity index (χ3v) is 7.03. The highest BCUT2D eigenvalue weighted by molar-refractivity contribution is 7.15. The van der Waals surface area contributed by atoms with E-state index in [-0.39, 0.29) is 13.2 Å². The minimum Gasteiger partial charge on any atom is -0.491 e. The summed E-state index contributed by atoms with van der Waals surface area (Å²) in [5.41, 5.74) is 4.11. The molecule has 2 N–H and O–H groups in total. The minimum absolute atomic E-state index is 0.0158. The summed E-state index contributed by atoms with van der Waals surface area (Å²) in [5, 5.41) is 23.3. The Kier molecular flexibility index (Phi) is 9.84. The molecule has 3 aromatic carbocycles. The molecule has 0 aliphatic rings. The Morgan fingerprint density at radius 2 is 1.71 bits per heavy atom. The van der Waals surface area contributed by atoms with Crippen LogP contribution in [0.1, 0.15) is 67.8 Å². The molecule has 4 rings (SSSR count). The van der Waals surface area contributed by atoms with Gasteiger partial charge in [-0.2, -0.15) is 0 Å². The number of rotatable bonds is 9. The monoisotopic (exact) mass is 491 g/mol. The van der Waals surface area contributed by atoms with Gasteiger partial charge in [0.2, 0.25) is 0 Å². The number of ether oxygens (including phenoxy) is 1. The molecule has 0 saturated carbocycles. The number of benzene rings is 3. The van der Waals surface area contributed by atoms with Crippen LogP contribution in [0.5, 0.6) is 5.75 Å². The Labute approximate surface area is 213 Å². The fourth-order valence-electron chi connectivity index (χ4n) is 4.07. The van der Waals surface area contributed by atoms with Crippen LogP contribution in [0.25, 0.3) is 21.3 Å². The Hall–Kier alpha value is -2.73. The highest BCUT2D eigenvalue weighted by atomic mass is 32.1.